The van der Waals surface area contributed by atoms with Crippen LogP contribution in [-0.2, 0) is 13.1 Å². The highest BCUT2D eigenvalue weighted by molar-refractivity contribution is 7.71. The van der Waals surface area contributed by atoms with Gasteiger partial charge in [0.05, 0.1) is 12.7 Å². The first kappa shape index (κ1) is 11.7. The van der Waals surface area contributed by atoms with E-state index in [0.29, 0.717) is 17.9 Å². The molecule has 0 aliphatic carbocycles. The molecule has 0 amide bonds. The summed E-state index contributed by atoms with van der Waals surface area (Å²) in [5, 5.41) is 14.7. The van der Waals surface area contributed by atoms with Gasteiger partial charge in [-0.05, 0) is 24.4 Å². The van der Waals surface area contributed by atoms with Crippen molar-refractivity contribution in [2.45, 2.75) is 13.1 Å². The fourth-order valence-corrected chi connectivity index (χ4v) is 2.02. The van der Waals surface area contributed by atoms with E-state index in [4.69, 9.17) is 12.2 Å². The van der Waals surface area contributed by atoms with Gasteiger partial charge in [-0.1, -0.05) is 5.21 Å². The Kier molecular flexibility index (Phi) is 3.15. The van der Waals surface area contributed by atoms with Crippen LogP contribution in [0.4, 0.5) is 0 Å². The topological polar surface area (TPSA) is 77.2 Å². The molecule has 0 radical (unpaired) electrons. The molecule has 0 aliphatic heterocycles. The summed E-state index contributed by atoms with van der Waals surface area (Å²) < 4.78 is 4.26. The predicted molar refractivity (Wildman–Crippen MR) is 70.7 cm³/mol. The van der Waals surface area contributed by atoms with E-state index in [9.17, 15) is 0 Å². The van der Waals surface area contributed by atoms with Crippen molar-refractivity contribution in [3.63, 3.8) is 0 Å². The molecule has 0 aromatic carbocycles. The highest BCUT2D eigenvalue weighted by Gasteiger charge is 2.08. The zero-order chi connectivity index (χ0) is 13.1. The van der Waals surface area contributed by atoms with E-state index >= 15 is 0 Å². The maximum Gasteiger partial charge on any atom is 0.195 e. The third-order valence-electron chi connectivity index (χ3n) is 2.70. The molecule has 3 heterocycles. The molecule has 0 bridgehead atoms. The summed E-state index contributed by atoms with van der Waals surface area (Å²) in [5.41, 5.74) is 0.924. The van der Waals surface area contributed by atoms with E-state index < -0.39 is 0 Å². The van der Waals surface area contributed by atoms with Crippen molar-refractivity contribution in [1.82, 2.24) is 34.7 Å². The zero-order valence-electron chi connectivity index (χ0n) is 9.97. The number of rotatable bonds is 4. The van der Waals surface area contributed by atoms with Crippen LogP contribution >= 0.6 is 12.2 Å². The molecule has 0 atom stereocenters. The Labute approximate surface area is 113 Å². The fourth-order valence-electron chi connectivity index (χ4n) is 1.79. The Hall–Kier alpha value is -2.35. The molecular formula is C11H11N7S. The summed E-state index contributed by atoms with van der Waals surface area (Å²) in [6, 6.07) is 3.82. The number of hydrogen-bond donors (Lipinski definition) is 1. The van der Waals surface area contributed by atoms with Crippen LogP contribution in [0.1, 0.15) is 0 Å². The predicted octanol–water partition coefficient (Wildman–Crippen LogP) is 1.29. The Morgan fingerprint density at radius 3 is 2.95 bits per heavy atom. The molecule has 0 saturated carbocycles. The number of aryl methyl sites for hydroxylation is 1. The number of nitrogens with one attached hydrogen (secondary N) is 1. The van der Waals surface area contributed by atoms with Crippen molar-refractivity contribution in [1.29, 1.82) is 0 Å². The monoisotopic (exact) mass is 273 g/mol. The Bertz CT molecular complexity index is 698. The standard InChI is InChI=1S/C11H11N7S/c19-11-15-14-10(9-2-1-3-12-8-9)18(11)7-6-17-5-4-13-16-17/h1-5,8H,6-7H2,(H,15,19). The normalized spacial score (nSPS) is 10.7. The summed E-state index contributed by atoms with van der Waals surface area (Å²) >= 11 is 5.25. The lowest BCUT2D eigenvalue weighted by Crippen LogP contribution is -2.09. The maximum absolute atomic E-state index is 5.25. The molecule has 0 unspecified atom stereocenters. The molecule has 0 saturated heterocycles. The summed E-state index contributed by atoms with van der Waals surface area (Å²) in [5.74, 6) is 0.776. The number of aromatic nitrogens is 7. The number of hydrogen-bond acceptors (Lipinski definition) is 5. The van der Waals surface area contributed by atoms with Crippen LogP contribution in [0.2, 0.25) is 0 Å². The highest BCUT2D eigenvalue weighted by atomic mass is 32.1. The van der Waals surface area contributed by atoms with Gasteiger partial charge in [0, 0.05) is 30.7 Å². The van der Waals surface area contributed by atoms with Crippen LogP contribution in [0.5, 0.6) is 0 Å². The van der Waals surface area contributed by atoms with Gasteiger partial charge < -0.3 is 0 Å². The largest absolute Gasteiger partial charge is 0.298 e. The van der Waals surface area contributed by atoms with Crippen molar-refractivity contribution in [3.05, 3.63) is 41.7 Å². The molecule has 3 rings (SSSR count). The van der Waals surface area contributed by atoms with Gasteiger partial charge in [0.1, 0.15) is 0 Å². The molecule has 3 aromatic heterocycles. The van der Waals surface area contributed by atoms with Gasteiger partial charge in [0.2, 0.25) is 0 Å². The first-order valence-electron chi connectivity index (χ1n) is 5.74. The molecule has 0 aliphatic rings. The molecule has 19 heavy (non-hydrogen) atoms. The molecule has 7 nitrogen and oxygen atoms in total. The number of H-pyrrole nitrogens is 1. The molecule has 96 valence electrons. The van der Waals surface area contributed by atoms with E-state index in [0.717, 1.165) is 11.4 Å². The molecule has 0 fully saturated rings. The van der Waals surface area contributed by atoms with Gasteiger partial charge in [0.15, 0.2) is 10.6 Å². The molecular weight excluding hydrogens is 262 g/mol. The van der Waals surface area contributed by atoms with Gasteiger partial charge in [-0.3, -0.25) is 19.3 Å². The van der Waals surface area contributed by atoms with Crippen LogP contribution in [0.3, 0.4) is 0 Å². The average Bonchev–Trinajstić information content (AvgIpc) is 3.07. The maximum atomic E-state index is 5.25. The second kappa shape index (κ2) is 5.11. The number of nitrogens with zero attached hydrogens (tertiary/aromatic N) is 6. The third-order valence-corrected chi connectivity index (χ3v) is 3.01. The lowest BCUT2D eigenvalue weighted by Gasteiger charge is -2.06. The molecule has 3 aromatic rings. The quantitative estimate of drug-likeness (QED) is 0.725. The average molecular weight is 273 g/mol. The van der Waals surface area contributed by atoms with Gasteiger partial charge in [-0.15, -0.1) is 5.10 Å². The SMILES string of the molecule is S=c1[nH]nc(-c2cccnc2)n1CCn1ccnn1. The number of aromatic amines is 1. The van der Waals surface area contributed by atoms with Crippen LogP contribution in [0.15, 0.2) is 36.9 Å². The fraction of sp³-hybridized carbons (Fsp3) is 0.182. The Morgan fingerprint density at radius 2 is 2.21 bits per heavy atom. The van der Waals surface area contributed by atoms with Crippen LogP contribution < -0.4 is 0 Å². The van der Waals surface area contributed by atoms with E-state index in [1.165, 1.54) is 0 Å². The second-order valence-corrected chi connectivity index (χ2v) is 4.30. The van der Waals surface area contributed by atoms with Gasteiger partial charge in [-0.2, -0.15) is 5.10 Å². The zero-order valence-corrected chi connectivity index (χ0v) is 10.8. The number of pyridine rings is 1. The lowest BCUT2D eigenvalue weighted by molar-refractivity contribution is 0.518. The van der Waals surface area contributed by atoms with Crippen molar-refractivity contribution in [3.8, 4) is 11.4 Å². The smallest absolute Gasteiger partial charge is 0.195 e. The van der Waals surface area contributed by atoms with Gasteiger partial charge in [0.25, 0.3) is 0 Å². The van der Waals surface area contributed by atoms with E-state index in [2.05, 4.69) is 25.5 Å². The minimum atomic E-state index is 0.582. The minimum Gasteiger partial charge on any atom is -0.298 e. The summed E-state index contributed by atoms with van der Waals surface area (Å²) in [7, 11) is 0. The Morgan fingerprint density at radius 1 is 1.26 bits per heavy atom. The van der Waals surface area contributed by atoms with Crippen molar-refractivity contribution >= 4 is 12.2 Å². The highest BCUT2D eigenvalue weighted by Crippen LogP contribution is 2.15. The van der Waals surface area contributed by atoms with Crippen molar-refractivity contribution in [2.24, 2.45) is 0 Å². The van der Waals surface area contributed by atoms with Crippen LogP contribution in [0, 0.1) is 4.77 Å². The molecule has 8 heteroatoms. The summed E-state index contributed by atoms with van der Waals surface area (Å²) in [6.45, 7) is 1.35. The summed E-state index contributed by atoms with van der Waals surface area (Å²) in [4.78, 5) is 4.09. The first-order valence-corrected chi connectivity index (χ1v) is 6.15. The molecule has 1 N–H and O–H groups in total. The lowest BCUT2D eigenvalue weighted by atomic mass is 10.3. The van der Waals surface area contributed by atoms with Crippen molar-refractivity contribution in [2.75, 3.05) is 0 Å². The van der Waals surface area contributed by atoms with Gasteiger partial charge in [-0.25, -0.2) is 0 Å². The third kappa shape index (κ3) is 2.43. The van der Waals surface area contributed by atoms with E-state index in [1.54, 1.807) is 23.3 Å². The van der Waals surface area contributed by atoms with Gasteiger partial charge >= 0.3 is 0 Å². The van der Waals surface area contributed by atoms with Crippen LogP contribution in [0.25, 0.3) is 11.4 Å². The molecule has 0 spiro atoms. The second-order valence-electron chi connectivity index (χ2n) is 3.91. The minimum absolute atomic E-state index is 0.582. The van der Waals surface area contributed by atoms with Crippen LogP contribution in [-0.4, -0.2) is 34.7 Å². The van der Waals surface area contributed by atoms with E-state index in [1.807, 2.05) is 22.9 Å². The summed E-state index contributed by atoms with van der Waals surface area (Å²) in [6.07, 6.45) is 6.95. The van der Waals surface area contributed by atoms with E-state index in [-0.39, 0.29) is 0 Å². The first-order chi connectivity index (χ1) is 9.34. The van der Waals surface area contributed by atoms with Crippen molar-refractivity contribution < 1.29 is 0 Å². The Balaban J connectivity index is 1.89.